The number of aromatic nitrogens is 5. The zero-order chi connectivity index (χ0) is 34.4. The lowest BCUT2D eigenvalue weighted by molar-refractivity contribution is 0.0227. The molecule has 13 heteroatoms. The SMILES string of the molecule is COc1cc(C(=O)N2CC[C@@H](OC)[C@@H](N)C2)cc2nc(-c3cc4ccc5nc4n3CCCCCc3cnc(Cl)cc3C(=O)N[C@@H]5C)n(C)c12. The molecule has 1 fully saturated rings. The molecular weight excluding hydrogens is 644 g/mol. The number of hydrogen-bond acceptors (Lipinski definition) is 8. The number of fused-ring (bicyclic) bond motifs is 3. The zero-order valence-electron chi connectivity index (χ0n) is 28.2. The van der Waals surface area contributed by atoms with E-state index in [0.717, 1.165) is 71.6 Å². The molecular formula is C36H41ClN8O4. The first-order valence-electron chi connectivity index (χ1n) is 16.7. The van der Waals surface area contributed by atoms with Gasteiger partial charge in [0.2, 0.25) is 0 Å². The quantitative estimate of drug-likeness (QED) is 0.251. The van der Waals surface area contributed by atoms with E-state index in [2.05, 4.69) is 20.9 Å². The van der Waals surface area contributed by atoms with E-state index in [-0.39, 0.29) is 30.0 Å². The molecule has 1 saturated heterocycles. The number of nitrogens with two attached hydrogens (primary N) is 1. The summed E-state index contributed by atoms with van der Waals surface area (Å²) < 4.78 is 15.6. The molecule has 0 saturated carbocycles. The van der Waals surface area contributed by atoms with Gasteiger partial charge in [-0.25, -0.2) is 15.0 Å². The van der Waals surface area contributed by atoms with Gasteiger partial charge in [0.05, 0.1) is 36.2 Å². The van der Waals surface area contributed by atoms with Crippen molar-refractivity contribution < 1.29 is 19.1 Å². The minimum absolute atomic E-state index is 0.0656. The van der Waals surface area contributed by atoms with Crippen molar-refractivity contribution in [3.63, 3.8) is 0 Å². The van der Waals surface area contributed by atoms with Crippen LogP contribution in [0.4, 0.5) is 0 Å². The van der Waals surface area contributed by atoms with E-state index in [1.165, 1.54) is 0 Å². The minimum Gasteiger partial charge on any atom is -0.494 e. The molecule has 0 aliphatic carbocycles. The average Bonchev–Trinajstić information content (AvgIpc) is 3.63. The number of amides is 2. The third-order valence-electron chi connectivity index (χ3n) is 9.89. The van der Waals surface area contributed by atoms with Crippen LogP contribution < -0.4 is 15.8 Å². The van der Waals surface area contributed by atoms with Crippen molar-refractivity contribution in [1.82, 2.24) is 34.3 Å². The second-order valence-corrected chi connectivity index (χ2v) is 13.4. The summed E-state index contributed by atoms with van der Waals surface area (Å²) in [5.74, 6) is 0.991. The molecule has 2 aliphatic rings. The number of carbonyl (C=O) groups excluding carboxylic acids is 2. The predicted molar refractivity (Wildman–Crippen MR) is 188 cm³/mol. The summed E-state index contributed by atoms with van der Waals surface area (Å²) in [6, 6.07) is 10.8. The molecule has 2 aliphatic heterocycles. The monoisotopic (exact) mass is 684 g/mol. The largest absolute Gasteiger partial charge is 0.494 e. The van der Waals surface area contributed by atoms with E-state index in [0.29, 0.717) is 47.1 Å². The van der Waals surface area contributed by atoms with Crippen molar-refractivity contribution in [3.8, 4) is 17.3 Å². The van der Waals surface area contributed by atoms with E-state index >= 15 is 0 Å². The van der Waals surface area contributed by atoms with Gasteiger partial charge in [0.15, 0.2) is 5.82 Å². The number of ether oxygens (including phenoxy) is 2. The predicted octanol–water partition coefficient (Wildman–Crippen LogP) is 5.05. The Morgan fingerprint density at radius 2 is 1.92 bits per heavy atom. The van der Waals surface area contributed by atoms with E-state index in [4.69, 9.17) is 36.8 Å². The molecule has 2 amide bonds. The molecule has 1 aromatic carbocycles. The minimum atomic E-state index is -0.350. The maximum Gasteiger partial charge on any atom is 0.254 e. The third kappa shape index (κ3) is 6.13. The molecule has 0 unspecified atom stereocenters. The first-order valence-corrected chi connectivity index (χ1v) is 17.1. The van der Waals surface area contributed by atoms with E-state index in [1.54, 1.807) is 37.4 Å². The number of rotatable bonds is 4. The van der Waals surface area contributed by atoms with Crippen LogP contribution in [0.5, 0.6) is 5.75 Å². The van der Waals surface area contributed by atoms with Crippen LogP contribution in [-0.2, 0) is 24.8 Å². The second kappa shape index (κ2) is 13.4. The smallest absolute Gasteiger partial charge is 0.254 e. The number of pyridine rings is 2. The Balaban J connectivity index is 1.27. The second-order valence-electron chi connectivity index (χ2n) is 13.0. The fourth-order valence-corrected chi connectivity index (χ4v) is 7.37. The van der Waals surface area contributed by atoms with Crippen molar-refractivity contribution in [2.24, 2.45) is 12.8 Å². The maximum atomic E-state index is 13.7. The molecule has 256 valence electrons. The number of benzene rings is 1. The van der Waals surface area contributed by atoms with Gasteiger partial charge in [-0.3, -0.25) is 9.59 Å². The van der Waals surface area contributed by atoms with E-state index in [9.17, 15) is 9.59 Å². The molecule has 2 bridgehead atoms. The standard InChI is InChI=1S/C36H41ClN8O4/c1-20-26-10-9-21-15-28(45(33(21)41-26)12-7-5-6-8-22-18-39-31(37)17-24(22)35(46)40-20)34-42-27-14-23(16-30(49-4)32(27)43(34)2)36(47)44-13-11-29(48-3)25(38)19-44/h9-10,14-18,20,25,29H,5-8,11-13,19,38H2,1-4H3,(H,40,46)/t20-,25+,29-/m1/s1. The molecule has 0 spiro atoms. The summed E-state index contributed by atoms with van der Waals surface area (Å²) in [5, 5.41) is 4.38. The number of piperidine rings is 1. The molecule has 0 radical (unpaired) electrons. The van der Waals surface area contributed by atoms with Crippen molar-refractivity contribution in [2.75, 3.05) is 27.3 Å². The Bertz CT molecular complexity index is 2070. The Labute approximate surface area is 289 Å². The van der Waals surface area contributed by atoms with Crippen LogP contribution in [0.3, 0.4) is 0 Å². The lowest BCUT2D eigenvalue weighted by Gasteiger charge is -2.36. The topological polar surface area (TPSA) is 142 Å². The van der Waals surface area contributed by atoms with Crippen LogP contribution in [0, 0.1) is 0 Å². The molecule has 3 N–H and O–H groups in total. The number of hydrogen-bond donors (Lipinski definition) is 2. The number of likely N-dealkylation sites (tertiary alicyclic amines) is 1. The molecule has 4 aromatic heterocycles. The summed E-state index contributed by atoms with van der Waals surface area (Å²) in [4.78, 5) is 43.3. The van der Waals surface area contributed by atoms with Crippen LogP contribution >= 0.6 is 11.6 Å². The summed E-state index contributed by atoms with van der Waals surface area (Å²) in [5.41, 5.74) is 12.2. The van der Waals surface area contributed by atoms with Crippen LogP contribution in [0.25, 0.3) is 33.6 Å². The molecule has 7 rings (SSSR count). The number of halogens is 1. The Hall–Kier alpha value is -4.52. The highest BCUT2D eigenvalue weighted by atomic mass is 35.5. The van der Waals surface area contributed by atoms with Crippen LogP contribution in [0.1, 0.15) is 70.6 Å². The van der Waals surface area contributed by atoms with Gasteiger partial charge in [-0.2, -0.15) is 0 Å². The first-order chi connectivity index (χ1) is 23.7. The highest BCUT2D eigenvalue weighted by Gasteiger charge is 2.31. The number of methoxy groups -OCH3 is 2. The highest BCUT2D eigenvalue weighted by molar-refractivity contribution is 6.29. The summed E-state index contributed by atoms with van der Waals surface area (Å²) in [6.45, 7) is 3.64. The van der Waals surface area contributed by atoms with Gasteiger partial charge >= 0.3 is 0 Å². The van der Waals surface area contributed by atoms with Crippen molar-refractivity contribution >= 4 is 45.5 Å². The average molecular weight is 685 g/mol. The van der Waals surface area contributed by atoms with E-state index < -0.39 is 0 Å². The third-order valence-corrected chi connectivity index (χ3v) is 10.1. The number of imidazole rings is 1. The van der Waals surface area contributed by atoms with Gasteiger partial charge in [0.25, 0.3) is 11.8 Å². The Morgan fingerprint density at radius 1 is 1.08 bits per heavy atom. The summed E-state index contributed by atoms with van der Waals surface area (Å²) in [6.07, 6.45) is 5.77. The summed E-state index contributed by atoms with van der Waals surface area (Å²) >= 11 is 6.18. The van der Waals surface area contributed by atoms with Crippen molar-refractivity contribution in [1.29, 1.82) is 0 Å². The normalized spacial score (nSPS) is 20.3. The van der Waals surface area contributed by atoms with Gasteiger partial charge in [0, 0.05) is 62.5 Å². The molecule has 3 atom stereocenters. The molecule has 12 nitrogen and oxygen atoms in total. The van der Waals surface area contributed by atoms with Gasteiger partial charge in [-0.1, -0.05) is 18.0 Å². The maximum absolute atomic E-state index is 13.7. The molecule has 6 heterocycles. The zero-order valence-corrected chi connectivity index (χ0v) is 29.0. The summed E-state index contributed by atoms with van der Waals surface area (Å²) in [7, 11) is 5.23. The fraction of sp³-hybridized carbons (Fsp3) is 0.417. The molecule has 49 heavy (non-hydrogen) atoms. The number of aryl methyl sites for hydroxylation is 3. The lowest BCUT2D eigenvalue weighted by atomic mass is 10.0. The number of carbonyl (C=O) groups is 2. The van der Waals surface area contributed by atoms with Gasteiger partial charge in [0.1, 0.15) is 22.1 Å². The first kappa shape index (κ1) is 33.0. The lowest BCUT2D eigenvalue weighted by Crippen LogP contribution is -2.53. The van der Waals surface area contributed by atoms with Crippen LogP contribution in [0.2, 0.25) is 5.15 Å². The van der Waals surface area contributed by atoms with Crippen molar-refractivity contribution in [3.05, 3.63) is 70.1 Å². The highest BCUT2D eigenvalue weighted by Crippen LogP contribution is 2.35. The Kier molecular flexibility index (Phi) is 9.03. The van der Waals surface area contributed by atoms with Gasteiger partial charge < -0.3 is 34.6 Å². The number of nitrogens with zero attached hydrogens (tertiary/aromatic N) is 6. The van der Waals surface area contributed by atoms with Crippen molar-refractivity contribution in [2.45, 2.75) is 63.8 Å². The Morgan fingerprint density at radius 3 is 2.69 bits per heavy atom. The fourth-order valence-electron chi connectivity index (χ4n) is 7.21. The van der Waals surface area contributed by atoms with Crippen LogP contribution in [0.15, 0.2) is 42.6 Å². The molecule has 5 aromatic rings. The van der Waals surface area contributed by atoms with Gasteiger partial charge in [-0.15, -0.1) is 0 Å². The number of nitrogens with one attached hydrogen (secondary N) is 1. The van der Waals surface area contributed by atoms with Gasteiger partial charge in [-0.05, 0) is 74.6 Å². The van der Waals surface area contributed by atoms with Crippen LogP contribution in [-0.4, -0.2) is 80.3 Å². The van der Waals surface area contributed by atoms with E-state index in [1.807, 2.05) is 36.7 Å².